The molecule has 0 spiro atoms. The van der Waals surface area contributed by atoms with Crippen molar-refractivity contribution in [3.8, 4) is 0 Å². The first-order chi connectivity index (χ1) is 6.56. The molecule has 0 amide bonds. The second-order valence-corrected chi connectivity index (χ2v) is 4.83. The summed E-state index contributed by atoms with van der Waals surface area (Å²) in [6, 6.07) is 4.28. The highest BCUT2D eigenvalue weighted by molar-refractivity contribution is 9.10. The van der Waals surface area contributed by atoms with Gasteiger partial charge in [-0.2, -0.15) is 0 Å². The molecule has 1 unspecified atom stereocenters. The predicted octanol–water partition coefficient (Wildman–Crippen LogP) is 3.94. The number of alkyl halides is 1. The van der Waals surface area contributed by atoms with Gasteiger partial charge in [-0.05, 0) is 40.5 Å². The molecule has 1 atom stereocenters. The third kappa shape index (κ3) is 2.64. The third-order valence-electron chi connectivity index (χ3n) is 1.85. The summed E-state index contributed by atoms with van der Waals surface area (Å²) in [5.74, 6) is -0.377. The van der Waals surface area contributed by atoms with E-state index in [0.717, 1.165) is 0 Å². The van der Waals surface area contributed by atoms with Crippen molar-refractivity contribution in [3.63, 3.8) is 0 Å². The van der Waals surface area contributed by atoms with Crippen molar-refractivity contribution < 1.29 is 9.18 Å². The molecule has 4 heteroatoms. The third-order valence-corrected chi connectivity index (χ3v) is 3.52. The number of rotatable bonds is 3. The van der Waals surface area contributed by atoms with Gasteiger partial charge in [0, 0.05) is 5.56 Å². The van der Waals surface area contributed by atoms with Gasteiger partial charge in [0.1, 0.15) is 5.82 Å². The minimum absolute atomic E-state index is 0.0202. The number of Topliss-reactive ketones (excluding diaryl/α,β-unsaturated/α-hetero) is 1. The van der Waals surface area contributed by atoms with E-state index in [4.69, 9.17) is 0 Å². The molecule has 0 fully saturated rings. The molecular formula is C10H9Br2FO. The molecule has 1 aromatic rings. The normalized spacial score (nSPS) is 12.6. The summed E-state index contributed by atoms with van der Waals surface area (Å²) in [5.41, 5.74) is 0.516. The second kappa shape index (κ2) is 5.03. The lowest BCUT2D eigenvalue weighted by Gasteiger charge is -2.06. The van der Waals surface area contributed by atoms with Crippen LogP contribution in [-0.4, -0.2) is 10.6 Å². The van der Waals surface area contributed by atoms with Gasteiger partial charge >= 0.3 is 0 Å². The Kier molecular flexibility index (Phi) is 4.26. The van der Waals surface area contributed by atoms with Crippen molar-refractivity contribution in [2.75, 3.05) is 0 Å². The van der Waals surface area contributed by atoms with Crippen LogP contribution in [0.4, 0.5) is 4.39 Å². The summed E-state index contributed by atoms with van der Waals surface area (Å²) < 4.78 is 13.2. The van der Waals surface area contributed by atoms with Crippen LogP contribution in [0.25, 0.3) is 0 Å². The van der Waals surface area contributed by atoms with Crippen molar-refractivity contribution in [3.05, 3.63) is 34.1 Å². The van der Waals surface area contributed by atoms with Crippen molar-refractivity contribution in [2.24, 2.45) is 0 Å². The number of carbonyl (C=O) groups excluding carboxylic acids is 1. The molecule has 0 aromatic heterocycles. The van der Waals surface area contributed by atoms with Crippen LogP contribution in [0.2, 0.25) is 0 Å². The van der Waals surface area contributed by atoms with Crippen LogP contribution < -0.4 is 0 Å². The van der Waals surface area contributed by atoms with Crippen molar-refractivity contribution in [1.82, 2.24) is 0 Å². The summed E-state index contributed by atoms with van der Waals surface area (Å²) in [6.45, 7) is 1.91. The first-order valence-electron chi connectivity index (χ1n) is 4.19. The second-order valence-electron chi connectivity index (χ2n) is 2.87. The summed E-state index contributed by atoms with van der Waals surface area (Å²) in [7, 11) is 0. The SMILES string of the molecule is CCC(Br)C(=O)c1ccc(F)c(Br)c1. The number of hydrogen-bond donors (Lipinski definition) is 0. The molecule has 0 aliphatic heterocycles. The maximum atomic E-state index is 12.9. The van der Waals surface area contributed by atoms with E-state index < -0.39 is 0 Å². The standard InChI is InChI=1S/C10H9Br2FO/c1-2-7(11)10(14)6-3-4-9(13)8(12)5-6/h3-5,7H,2H2,1H3. The smallest absolute Gasteiger partial charge is 0.176 e. The van der Waals surface area contributed by atoms with Gasteiger partial charge in [0.2, 0.25) is 0 Å². The lowest BCUT2D eigenvalue weighted by atomic mass is 10.1. The van der Waals surface area contributed by atoms with E-state index in [2.05, 4.69) is 31.9 Å². The first-order valence-corrected chi connectivity index (χ1v) is 5.90. The van der Waals surface area contributed by atoms with Crippen molar-refractivity contribution >= 4 is 37.6 Å². The fourth-order valence-corrected chi connectivity index (χ4v) is 1.66. The van der Waals surface area contributed by atoms with Crippen LogP contribution in [0, 0.1) is 5.82 Å². The Morgan fingerprint density at radius 3 is 2.71 bits per heavy atom. The largest absolute Gasteiger partial charge is 0.293 e. The molecule has 1 rings (SSSR count). The summed E-state index contributed by atoms with van der Waals surface area (Å²) in [5, 5.41) is 0. The highest BCUT2D eigenvalue weighted by atomic mass is 79.9. The molecule has 0 N–H and O–H groups in total. The van der Waals surface area contributed by atoms with E-state index in [0.29, 0.717) is 16.5 Å². The molecule has 14 heavy (non-hydrogen) atoms. The number of hydrogen-bond acceptors (Lipinski definition) is 1. The van der Waals surface area contributed by atoms with Crippen LogP contribution in [0.1, 0.15) is 23.7 Å². The Bertz CT molecular complexity index is 352. The van der Waals surface area contributed by atoms with Gasteiger partial charge in [-0.25, -0.2) is 4.39 Å². The zero-order valence-electron chi connectivity index (χ0n) is 7.56. The predicted molar refractivity (Wildman–Crippen MR) is 61.4 cm³/mol. The van der Waals surface area contributed by atoms with Crippen LogP contribution >= 0.6 is 31.9 Å². The van der Waals surface area contributed by atoms with E-state index >= 15 is 0 Å². The monoisotopic (exact) mass is 322 g/mol. The minimum atomic E-state index is -0.357. The fraction of sp³-hybridized carbons (Fsp3) is 0.300. The molecular weight excluding hydrogens is 315 g/mol. The molecule has 1 nitrogen and oxygen atoms in total. The molecule has 0 saturated carbocycles. The lowest BCUT2D eigenvalue weighted by Crippen LogP contribution is -2.12. The number of carbonyl (C=O) groups is 1. The maximum absolute atomic E-state index is 12.9. The van der Waals surface area contributed by atoms with Crippen LogP contribution in [-0.2, 0) is 0 Å². The van der Waals surface area contributed by atoms with Gasteiger partial charge < -0.3 is 0 Å². The Balaban J connectivity index is 2.97. The molecule has 76 valence electrons. The Morgan fingerprint density at radius 1 is 1.57 bits per heavy atom. The highest BCUT2D eigenvalue weighted by Crippen LogP contribution is 2.20. The summed E-state index contributed by atoms with van der Waals surface area (Å²) >= 11 is 6.31. The average Bonchev–Trinajstić information content (AvgIpc) is 2.20. The van der Waals surface area contributed by atoms with Gasteiger partial charge in [-0.15, -0.1) is 0 Å². The number of halogens is 3. The molecule has 0 aliphatic rings. The molecule has 0 aliphatic carbocycles. The van der Waals surface area contributed by atoms with Crippen molar-refractivity contribution in [1.29, 1.82) is 0 Å². The minimum Gasteiger partial charge on any atom is -0.293 e. The Hall–Kier alpha value is -0.220. The van der Waals surface area contributed by atoms with Crippen molar-refractivity contribution in [2.45, 2.75) is 18.2 Å². The van der Waals surface area contributed by atoms with Gasteiger partial charge in [0.25, 0.3) is 0 Å². The molecule has 0 saturated heterocycles. The summed E-state index contributed by atoms with van der Waals surface area (Å²) in [6.07, 6.45) is 0.716. The Labute approximate surface area is 99.0 Å². The van der Waals surface area contributed by atoms with E-state index in [-0.39, 0.29) is 16.4 Å². The van der Waals surface area contributed by atoms with Crippen LogP contribution in [0.5, 0.6) is 0 Å². The van der Waals surface area contributed by atoms with Gasteiger partial charge in [-0.1, -0.05) is 22.9 Å². The van der Waals surface area contributed by atoms with E-state index in [1.165, 1.54) is 18.2 Å². The number of ketones is 1. The quantitative estimate of drug-likeness (QED) is 0.608. The molecule has 1 aromatic carbocycles. The van der Waals surface area contributed by atoms with E-state index in [1.807, 2.05) is 6.92 Å². The van der Waals surface area contributed by atoms with Crippen LogP contribution in [0.3, 0.4) is 0 Å². The topological polar surface area (TPSA) is 17.1 Å². The lowest BCUT2D eigenvalue weighted by molar-refractivity contribution is 0.0990. The van der Waals surface area contributed by atoms with E-state index in [9.17, 15) is 9.18 Å². The van der Waals surface area contributed by atoms with E-state index in [1.54, 1.807) is 0 Å². The highest BCUT2D eigenvalue weighted by Gasteiger charge is 2.15. The molecule has 0 bridgehead atoms. The Morgan fingerprint density at radius 2 is 2.21 bits per heavy atom. The first kappa shape index (κ1) is 11.9. The fourth-order valence-electron chi connectivity index (χ4n) is 1.02. The van der Waals surface area contributed by atoms with Gasteiger partial charge in [0.05, 0.1) is 9.30 Å². The maximum Gasteiger partial charge on any atom is 0.176 e. The van der Waals surface area contributed by atoms with Gasteiger partial charge in [-0.3, -0.25) is 4.79 Å². The molecule has 0 heterocycles. The summed E-state index contributed by atoms with van der Waals surface area (Å²) in [4.78, 5) is 11.5. The van der Waals surface area contributed by atoms with Gasteiger partial charge in [0.15, 0.2) is 5.78 Å². The zero-order valence-corrected chi connectivity index (χ0v) is 10.7. The number of benzene rings is 1. The average molecular weight is 324 g/mol. The molecule has 0 radical (unpaired) electrons. The zero-order chi connectivity index (χ0) is 10.7. The van der Waals surface area contributed by atoms with Crippen LogP contribution in [0.15, 0.2) is 22.7 Å².